The summed E-state index contributed by atoms with van der Waals surface area (Å²) in [5.41, 5.74) is 1.74. The topological polar surface area (TPSA) is 190 Å². The van der Waals surface area contributed by atoms with Gasteiger partial charge in [0.2, 0.25) is 11.7 Å². The molecule has 8 N–H and O–H groups in total. The van der Waals surface area contributed by atoms with Gasteiger partial charge in [-0.1, -0.05) is 19.0 Å². The van der Waals surface area contributed by atoms with E-state index < -0.39 is 76.2 Å². The Labute approximate surface area is 188 Å². The lowest BCUT2D eigenvalue weighted by atomic mass is 9.54. The van der Waals surface area contributed by atoms with Crippen LogP contribution >= 0.6 is 11.6 Å². The maximum Gasteiger partial charge on any atom is 0.230 e. The molecule has 11 heteroatoms. The SMILES string of the molecule is C.CNC1C(O)C(C(N)=O)C(=O)C2(O)C(=O)C3=C(O)c4c(O)ccc(Cl)c4C(O)C3CC12. The van der Waals surface area contributed by atoms with E-state index >= 15 is 0 Å². The summed E-state index contributed by atoms with van der Waals surface area (Å²) in [5.74, 6) is -9.08. The number of aromatic hydroxyl groups is 1. The van der Waals surface area contributed by atoms with E-state index in [4.69, 9.17) is 17.3 Å². The van der Waals surface area contributed by atoms with Crippen LogP contribution in [0.5, 0.6) is 5.75 Å². The number of fused-ring (bicyclic) bond motifs is 3. The van der Waals surface area contributed by atoms with E-state index in [0.29, 0.717) is 0 Å². The molecular weight excluding hydrogens is 444 g/mol. The van der Waals surface area contributed by atoms with Gasteiger partial charge in [-0.25, -0.2) is 0 Å². The number of Topliss-reactive ketones (excluding diaryl/α,β-unsaturated/α-hetero) is 2. The number of carbonyl (C=O) groups is 3. The summed E-state index contributed by atoms with van der Waals surface area (Å²) >= 11 is 6.17. The highest BCUT2D eigenvalue weighted by Gasteiger charge is 2.67. The van der Waals surface area contributed by atoms with Crippen LogP contribution in [0.1, 0.15) is 31.1 Å². The predicted molar refractivity (Wildman–Crippen MR) is 112 cm³/mol. The van der Waals surface area contributed by atoms with Crippen LogP contribution < -0.4 is 11.1 Å². The first-order valence-electron chi connectivity index (χ1n) is 9.57. The fourth-order valence-corrected chi connectivity index (χ4v) is 5.61. The van der Waals surface area contributed by atoms with Crippen LogP contribution in [0.25, 0.3) is 5.76 Å². The molecule has 2 saturated carbocycles. The number of phenolic OH excluding ortho intramolecular Hbond substituents is 1. The lowest BCUT2D eigenvalue weighted by molar-refractivity contribution is -0.180. The molecule has 2 fully saturated rings. The molecular formula is C21H25ClN2O8. The molecule has 32 heavy (non-hydrogen) atoms. The highest BCUT2D eigenvalue weighted by atomic mass is 35.5. The van der Waals surface area contributed by atoms with Gasteiger partial charge in [0.15, 0.2) is 11.4 Å². The number of rotatable bonds is 2. The fraction of sp³-hybridized carbons (Fsp3) is 0.476. The monoisotopic (exact) mass is 468 g/mol. The number of hydrogen-bond donors (Lipinski definition) is 7. The zero-order valence-electron chi connectivity index (χ0n) is 16.2. The Hall–Kier alpha value is -2.50. The van der Waals surface area contributed by atoms with Gasteiger partial charge in [-0.2, -0.15) is 0 Å². The van der Waals surface area contributed by atoms with Gasteiger partial charge < -0.3 is 36.6 Å². The molecule has 1 amide bonds. The van der Waals surface area contributed by atoms with Crippen LogP contribution in [0.15, 0.2) is 17.7 Å². The minimum Gasteiger partial charge on any atom is -0.507 e. The second kappa shape index (κ2) is 7.82. The molecule has 7 atom stereocenters. The van der Waals surface area contributed by atoms with Gasteiger partial charge in [0, 0.05) is 34.0 Å². The molecule has 1 aromatic rings. The molecule has 0 heterocycles. The van der Waals surface area contributed by atoms with Crippen LogP contribution in [-0.4, -0.2) is 67.8 Å². The van der Waals surface area contributed by atoms with Crippen molar-refractivity contribution >= 4 is 34.8 Å². The van der Waals surface area contributed by atoms with E-state index in [0.717, 1.165) is 6.07 Å². The number of carbonyl (C=O) groups excluding carboxylic acids is 3. The van der Waals surface area contributed by atoms with Crippen LogP contribution in [0, 0.1) is 17.8 Å². The molecule has 174 valence electrons. The van der Waals surface area contributed by atoms with Crippen LogP contribution in [0.2, 0.25) is 5.02 Å². The number of halogens is 1. The lowest BCUT2D eigenvalue weighted by Crippen LogP contribution is -2.73. The van der Waals surface area contributed by atoms with Crippen molar-refractivity contribution in [3.63, 3.8) is 0 Å². The Bertz CT molecular complexity index is 1060. The van der Waals surface area contributed by atoms with E-state index in [1.54, 1.807) is 0 Å². The van der Waals surface area contributed by atoms with Crippen molar-refractivity contribution in [2.24, 2.45) is 23.5 Å². The summed E-state index contributed by atoms with van der Waals surface area (Å²) < 4.78 is 0. The summed E-state index contributed by atoms with van der Waals surface area (Å²) in [7, 11) is 1.41. The maximum atomic E-state index is 13.4. The van der Waals surface area contributed by atoms with Gasteiger partial charge in [0.05, 0.1) is 17.8 Å². The zero-order valence-corrected chi connectivity index (χ0v) is 17.0. The highest BCUT2D eigenvalue weighted by molar-refractivity contribution is 6.32. The second-order valence-corrected chi connectivity index (χ2v) is 8.56. The number of amides is 1. The average Bonchev–Trinajstić information content (AvgIpc) is 2.70. The zero-order chi connectivity index (χ0) is 23.0. The third-order valence-electron chi connectivity index (χ3n) is 6.79. The van der Waals surface area contributed by atoms with Crippen molar-refractivity contribution in [3.05, 3.63) is 33.9 Å². The number of aliphatic hydroxyl groups excluding tert-OH is 3. The summed E-state index contributed by atoms with van der Waals surface area (Å²) in [6.45, 7) is 0. The largest absolute Gasteiger partial charge is 0.507 e. The Kier molecular flexibility index (Phi) is 5.90. The smallest absolute Gasteiger partial charge is 0.230 e. The van der Waals surface area contributed by atoms with E-state index in [2.05, 4.69) is 5.32 Å². The molecule has 4 rings (SSSR count). The summed E-state index contributed by atoms with van der Waals surface area (Å²) in [4.78, 5) is 38.3. The normalized spacial score (nSPS) is 36.0. The quantitative estimate of drug-likeness (QED) is 0.282. The van der Waals surface area contributed by atoms with Crippen LogP contribution in [0.3, 0.4) is 0 Å². The van der Waals surface area contributed by atoms with Crippen molar-refractivity contribution in [1.82, 2.24) is 5.32 Å². The van der Waals surface area contributed by atoms with E-state index in [9.17, 15) is 39.9 Å². The number of hydrogen-bond acceptors (Lipinski definition) is 9. The number of likely N-dealkylation sites (N-methyl/N-ethyl adjacent to an activating group) is 1. The van der Waals surface area contributed by atoms with Crippen molar-refractivity contribution in [3.8, 4) is 5.75 Å². The molecule has 0 radical (unpaired) electrons. The molecule has 0 aromatic heterocycles. The Morgan fingerprint density at radius 1 is 1.25 bits per heavy atom. The van der Waals surface area contributed by atoms with E-state index in [-0.39, 0.29) is 30.0 Å². The molecule has 0 bridgehead atoms. The number of aliphatic hydroxyl groups is 4. The number of nitrogens with two attached hydrogens (primary N) is 1. The lowest BCUT2D eigenvalue weighted by Gasteiger charge is -2.52. The van der Waals surface area contributed by atoms with E-state index in [1.165, 1.54) is 13.1 Å². The Morgan fingerprint density at radius 2 is 1.88 bits per heavy atom. The summed E-state index contributed by atoms with van der Waals surface area (Å²) in [6, 6.07) is 1.39. The highest BCUT2D eigenvalue weighted by Crippen LogP contribution is 2.55. The number of phenols is 1. The standard InChI is InChI=1S/C20H21ClN2O8.CH4/c1-23-13-6-4-5-9(15(26)11-8(24)3-2-7(21)10(11)14(5)25)17(28)20(6,31)18(29)12(16(13)27)19(22)30;/h2-3,5-6,12-14,16,23-27,31H,4H2,1H3,(H2,22,30);1H4. The minimum absolute atomic E-state index is 0. The van der Waals surface area contributed by atoms with Gasteiger partial charge in [-0.05, 0) is 25.6 Å². The summed E-state index contributed by atoms with van der Waals surface area (Å²) in [5, 5.41) is 56.7. The Balaban J connectivity index is 0.00000289. The third kappa shape index (κ3) is 2.84. The van der Waals surface area contributed by atoms with Gasteiger partial charge >= 0.3 is 0 Å². The van der Waals surface area contributed by atoms with Crippen molar-refractivity contribution in [1.29, 1.82) is 0 Å². The third-order valence-corrected chi connectivity index (χ3v) is 7.12. The second-order valence-electron chi connectivity index (χ2n) is 8.16. The predicted octanol–water partition coefficient (Wildman–Crippen LogP) is -0.433. The molecule has 10 nitrogen and oxygen atoms in total. The molecule has 0 saturated heterocycles. The maximum absolute atomic E-state index is 13.4. The molecule has 3 aliphatic rings. The Morgan fingerprint density at radius 3 is 2.44 bits per heavy atom. The minimum atomic E-state index is -2.78. The molecule has 1 aromatic carbocycles. The number of benzene rings is 1. The van der Waals surface area contributed by atoms with Gasteiger partial charge in [-0.15, -0.1) is 0 Å². The van der Waals surface area contributed by atoms with Gasteiger partial charge in [-0.3, -0.25) is 14.4 Å². The van der Waals surface area contributed by atoms with Crippen molar-refractivity contribution in [2.45, 2.75) is 37.7 Å². The first-order valence-corrected chi connectivity index (χ1v) is 9.95. The first kappa shape index (κ1) is 24.1. The number of nitrogens with one attached hydrogen (secondary N) is 1. The van der Waals surface area contributed by atoms with Gasteiger partial charge in [0.1, 0.15) is 17.4 Å². The van der Waals surface area contributed by atoms with Crippen molar-refractivity contribution in [2.75, 3.05) is 7.05 Å². The van der Waals surface area contributed by atoms with Crippen molar-refractivity contribution < 1.29 is 39.9 Å². The molecule has 0 spiro atoms. The van der Waals surface area contributed by atoms with Crippen LogP contribution in [-0.2, 0) is 14.4 Å². The summed E-state index contributed by atoms with van der Waals surface area (Å²) in [6.07, 6.45) is -3.28. The number of primary amides is 1. The molecule has 3 aliphatic carbocycles. The van der Waals surface area contributed by atoms with Crippen LogP contribution in [0.4, 0.5) is 0 Å². The van der Waals surface area contributed by atoms with Gasteiger partial charge in [0.25, 0.3) is 0 Å². The fourth-order valence-electron chi connectivity index (χ4n) is 5.34. The molecule has 7 unspecified atom stereocenters. The first-order chi connectivity index (χ1) is 14.5. The van der Waals surface area contributed by atoms with E-state index in [1.807, 2.05) is 0 Å². The average molecular weight is 469 g/mol. The molecule has 0 aliphatic heterocycles. The number of ketones is 2.